The summed E-state index contributed by atoms with van der Waals surface area (Å²) < 4.78 is 5.56. The van der Waals surface area contributed by atoms with Crippen molar-refractivity contribution in [1.82, 2.24) is 0 Å². The number of nitrogens with zero attached hydrogens (tertiary/aromatic N) is 1. The molecular weight excluding hydrogens is 381 g/mol. The molecule has 110 valence electrons. The van der Waals surface area contributed by atoms with Gasteiger partial charge in [0, 0.05) is 27.0 Å². The van der Waals surface area contributed by atoms with Crippen LogP contribution in [0.5, 0.6) is 5.75 Å². The second kappa shape index (κ2) is 7.11. The van der Waals surface area contributed by atoms with E-state index >= 15 is 0 Å². The van der Waals surface area contributed by atoms with Crippen LogP contribution in [0.2, 0.25) is 10.0 Å². The van der Waals surface area contributed by atoms with E-state index in [4.69, 9.17) is 27.9 Å². The van der Waals surface area contributed by atoms with Gasteiger partial charge in [-0.1, -0.05) is 51.3 Å². The van der Waals surface area contributed by atoms with Crippen molar-refractivity contribution in [3.05, 3.63) is 67.7 Å². The minimum atomic E-state index is -0.485. The van der Waals surface area contributed by atoms with Gasteiger partial charge in [0.15, 0.2) is 5.75 Å². The van der Waals surface area contributed by atoms with Crippen LogP contribution in [0.15, 0.2) is 36.4 Å². The van der Waals surface area contributed by atoms with Crippen LogP contribution in [0, 0.1) is 10.1 Å². The smallest absolute Gasteiger partial charge is 0.310 e. The average molecular weight is 391 g/mol. The first-order valence-electron chi connectivity index (χ1n) is 5.92. The minimum absolute atomic E-state index is 0.0606. The number of alkyl halides is 1. The van der Waals surface area contributed by atoms with Crippen LogP contribution in [0.25, 0.3) is 0 Å². The molecule has 2 aromatic carbocycles. The fourth-order valence-electron chi connectivity index (χ4n) is 1.73. The average Bonchev–Trinajstić information content (AvgIpc) is 2.46. The van der Waals surface area contributed by atoms with Gasteiger partial charge in [0.05, 0.1) is 4.92 Å². The second-order valence-electron chi connectivity index (χ2n) is 4.18. The van der Waals surface area contributed by atoms with E-state index in [-0.39, 0.29) is 18.0 Å². The topological polar surface area (TPSA) is 52.4 Å². The molecule has 0 aliphatic heterocycles. The SMILES string of the molecule is O=[N+]([O-])c1ccc(CBr)cc1OCc1c(Cl)cccc1Cl. The van der Waals surface area contributed by atoms with E-state index < -0.39 is 4.92 Å². The highest BCUT2D eigenvalue weighted by molar-refractivity contribution is 9.08. The zero-order valence-electron chi connectivity index (χ0n) is 10.7. The molecule has 0 aliphatic rings. The molecule has 0 saturated heterocycles. The van der Waals surface area contributed by atoms with E-state index in [9.17, 15) is 10.1 Å². The molecule has 0 radical (unpaired) electrons. The van der Waals surface area contributed by atoms with Crippen LogP contribution in [-0.4, -0.2) is 4.92 Å². The zero-order chi connectivity index (χ0) is 15.4. The Balaban J connectivity index is 2.28. The zero-order valence-corrected chi connectivity index (χ0v) is 13.8. The predicted molar refractivity (Wildman–Crippen MR) is 86.5 cm³/mol. The fraction of sp³-hybridized carbons (Fsp3) is 0.143. The lowest BCUT2D eigenvalue weighted by atomic mass is 10.2. The Kier molecular flexibility index (Phi) is 5.45. The predicted octanol–water partition coefficient (Wildman–Crippen LogP) is 5.38. The number of ether oxygens (including phenoxy) is 1. The number of halogens is 3. The molecule has 0 saturated carbocycles. The van der Waals surface area contributed by atoms with E-state index in [1.54, 1.807) is 30.3 Å². The lowest BCUT2D eigenvalue weighted by Crippen LogP contribution is -2.01. The van der Waals surface area contributed by atoms with E-state index in [1.165, 1.54) is 6.07 Å². The molecule has 0 unspecified atom stereocenters. The molecule has 2 rings (SSSR count). The molecule has 0 fully saturated rings. The quantitative estimate of drug-likeness (QED) is 0.391. The molecule has 7 heteroatoms. The standard InChI is InChI=1S/C14H10BrCl2NO3/c15-7-9-4-5-13(18(19)20)14(6-9)21-8-10-11(16)2-1-3-12(10)17/h1-6H,7-8H2. The third-order valence-electron chi connectivity index (χ3n) is 2.81. The molecule has 2 aromatic rings. The molecular formula is C14H10BrCl2NO3. The van der Waals surface area contributed by atoms with Gasteiger partial charge in [-0.25, -0.2) is 0 Å². The van der Waals surface area contributed by atoms with Crippen molar-refractivity contribution in [1.29, 1.82) is 0 Å². The van der Waals surface area contributed by atoms with Crippen molar-refractivity contribution in [2.45, 2.75) is 11.9 Å². The highest BCUT2D eigenvalue weighted by atomic mass is 79.9. The maximum atomic E-state index is 11.0. The number of hydrogen-bond donors (Lipinski definition) is 0. The Labute approximate surface area is 139 Å². The number of nitro benzene ring substituents is 1. The molecule has 4 nitrogen and oxygen atoms in total. The first-order chi connectivity index (χ1) is 10.0. The number of hydrogen-bond acceptors (Lipinski definition) is 3. The van der Waals surface area contributed by atoms with Crippen molar-refractivity contribution >= 4 is 44.8 Å². The monoisotopic (exact) mass is 389 g/mol. The number of rotatable bonds is 5. The highest BCUT2D eigenvalue weighted by Crippen LogP contribution is 2.31. The summed E-state index contributed by atoms with van der Waals surface area (Å²) in [4.78, 5) is 10.5. The highest BCUT2D eigenvalue weighted by Gasteiger charge is 2.16. The lowest BCUT2D eigenvalue weighted by molar-refractivity contribution is -0.386. The first-order valence-corrected chi connectivity index (χ1v) is 7.79. The van der Waals surface area contributed by atoms with Crippen LogP contribution >= 0.6 is 39.1 Å². The summed E-state index contributed by atoms with van der Waals surface area (Å²) in [6, 6.07) is 9.81. The van der Waals surface area contributed by atoms with Crippen LogP contribution < -0.4 is 4.74 Å². The maximum Gasteiger partial charge on any atom is 0.310 e. The fourth-order valence-corrected chi connectivity index (χ4v) is 2.58. The van der Waals surface area contributed by atoms with E-state index in [0.29, 0.717) is 20.9 Å². The molecule has 0 amide bonds. The van der Waals surface area contributed by atoms with Gasteiger partial charge < -0.3 is 4.74 Å². The van der Waals surface area contributed by atoms with Crippen molar-refractivity contribution in [2.24, 2.45) is 0 Å². The third kappa shape index (κ3) is 3.87. The summed E-state index contributed by atoms with van der Waals surface area (Å²) in [6.07, 6.45) is 0. The Bertz CT molecular complexity index is 659. The third-order valence-corrected chi connectivity index (χ3v) is 4.16. The van der Waals surface area contributed by atoms with Crippen LogP contribution in [-0.2, 0) is 11.9 Å². The maximum absolute atomic E-state index is 11.0. The molecule has 0 aliphatic carbocycles. The molecule has 0 N–H and O–H groups in total. The molecule has 0 bridgehead atoms. The molecule has 0 spiro atoms. The van der Waals surface area contributed by atoms with Gasteiger partial charge in [-0.2, -0.15) is 0 Å². The van der Waals surface area contributed by atoms with Gasteiger partial charge in [0.1, 0.15) is 6.61 Å². The summed E-state index contributed by atoms with van der Waals surface area (Å²) in [7, 11) is 0. The van der Waals surface area contributed by atoms with Crippen molar-refractivity contribution < 1.29 is 9.66 Å². The Morgan fingerprint density at radius 2 is 1.86 bits per heavy atom. The van der Waals surface area contributed by atoms with Crippen LogP contribution in [0.4, 0.5) is 5.69 Å². The van der Waals surface area contributed by atoms with Gasteiger partial charge in [-0.15, -0.1) is 0 Å². The second-order valence-corrected chi connectivity index (χ2v) is 5.56. The van der Waals surface area contributed by atoms with Crippen LogP contribution in [0.1, 0.15) is 11.1 Å². The van der Waals surface area contributed by atoms with Crippen molar-refractivity contribution in [3.8, 4) is 5.75 Å². The first kappa shape index (κ1) is 16.1. The minimum Gasteiger partial charge on any atom is -0.482 e. The summed E-state index contributed by atoms with van der Waals surface area (Å²) in [5.74, 6) is 0.188. The van der Waals surface area contributed by atoms with Crippen LogP contribution in [0.3, 0.4) is 0 Å². The molecule has 0 heterocycles. The van der Waals surface area contributed by atoms with E-state index in [0.717, 1.165) is 5.56 Å². The summed E-state index contributed by atoms with van der Waals surface area (Å²) in [6.45, 7) is 0.0606. The van der Waals surface area contributed by atoms with Crippen molar-refractivity contribution in [2.75, 3.05) is 0 Å². The Hall–Kier alpha value is -1.30. The van der Waals surface area contributed by atoms with Gasteiger partial charge >= 0.3 is 5.69 Å². The van der Waals surface area contributed by atoms with Gasteiger partial charge in [-0.05, 0) is 23.8 Å². The van der Waals surface area contributed by atoms with E-state index in [1.807, 2.05) is 0 Å². The normalized spacial score (nSPS) is 10.4. The largest absolute Gasteiger partial charge is 0.482 e. The Morgan fingerprint density at radius 3 is 2.43 bits per heavy atom. The summed E-state index contributed by atoms with van der Waals surface area (Å²) in [5.41, 5.74) is 1.38. The number of benzene rings is 2. The van der Waals surface area contributed by atoms with E-state index in [2.05, 4.69) is 15.9 Å². The van der Waals surface area contributed by atoms with Gasteiger partial charge in [0.2, 0.25) is 0 Å². The summed E-state index contributed by atoms with van der Waals surface area (Å²) in [5, 5.41) is 12.5. The van der Waals surface area contributed by atoms with Crippen molar-refractivity contribution in [3.63, 3.8) is 0 Å². The number of nitro groups is 1. The Morgan fingerprint density at radius 1 is 1.19 bits per heavy atom. The molecule has 0 atom stereocenters. The summed E-state index contributed by atoms with van der Waals surface area (Å²) >= 11 is 15.4. The lowest BCUT2D eigenvalue weighted by Gasteiger charge is -2.10. The molecule has 0 aromatic heterocycles. The molecule has 21 heavy (non-hydrogen) atoms. The van der Waals surface area contributed by atoms with Gasteiger partial charge in [-0.3, -0.25) is 10.1 Å². The van der Waals surface area contributed by atoms with Gasteiger partial charge in [0.25, 0.3) is 0 Å².